The number of aromatic nitrogens is 2. The molecule has 0 aromatic carbocycles. The van der Waals surface area contributed by atoms with Crippen LogP contribution in [0.1, 0.15) is 48.8 Å². The number of rotatable bonds is 6. The lowest BCUT2D eigenvalue weighted by Crippen LogP contribution is -2.36. The summed E-state index contributed by atoms with van der Waals surface area (Å²) in [5.41, 5.74) is 1.45. The van der Waals surface area contributed by atoms with Gasteiger partial charge in [0.05, 0.1) is 0 Å². The Morgan fingerprint density at radius 1 is 1.37 bits per heavy atom. The van der Waals surface area contributed by atoms with Gasteiger partial charge in [-0.05, 0) is 18.9 Å². The molecule has 0 radical (unpaired) electrons. The van der Waals surface area contributed by atoms with E-state index in [9.17, 15) is 9.59 Å². The Labute approximate surface area is 112 Å². The maximum absolute atomic E-state index is 11.8. The van der Waals surface area contributed by atoms with E-state index in [0.29, 0.717) is 24.7 Å². The molecule has 0 bridgehead atoms. The van der Waals surface area contributed by atoms with E-state index in [4.69, 9.17) is 0 Å². The van der Waals surface area contributed by atoms with Gasteiger partial charge in [0.1, 0.15) is 5.69 Å². The van der Waals surface area contributed by atoms with Gasteiger partial charge in [-0.1, -0.05) is 13.8 Å². The number of hydrogen-bond donors (Lipinski definition) is 3. The van der Waals surface area contributed by atoms with Crippen molar-refractivity contribution in [3.8, 4) is 0 Å². The van der Waals surface area contributed by atoms with Crippen LogP contribution in [-0.4, -0.2) is 35.1 Å². The molecular formula is C13H20N4O2. The van der Waals surface area contributed by atoms with Crippen molar-refractivity contribution in [2.45, 2.75) is 32.6 Å². The highest BCUT2D eigenvalue weighted by atomic mass is 16.2. The number of amides is 2. The molecule has 0 atom stereocenters. The summed E-state index contributed by atoms with van der Waals surface area (Å²) in [6, 6.07) is 1.81. The fourth-order valence-corrected chi connectivity index (χ4v) is 1.71. The largest absolute Gasteiger partial charge is 0.354 e. The molecule has 6 nitrogen and oxygen atoms in total. The van der Waals surface area contributed by atoms with Crippen molar-refractivity contribution in [2.24, 2.45) is 5.92 Å². The van der Waals surface area contributed by atoms with E-state index in [1.54, 1.807) is 6.07 Å². The molecule has 1 saturated carbocycles. The third kappa shape index (κ3) is 3.81. The standard InChI is InChI=1S/C13H20N4O2/c1-8(2)12(18)14-5-6-15-13(19)11-7-10(16-17-11)9-3-4-9/h7-9H,3-6H2,1-2H3,(H,14,18)(H,15,19)(H,16,17). The number of hydrogen-bond acceptors (Lipinski definition) is 3. The maximum Gasteiger partial charge on any atom is 0.271 e. The van der Waals surface area contributed by atoms with Crippen molar-refractivity contribution < 1.29 is 9.59 Å². The molecule has 1 aromatic rings. The van der Waals surface area contributed by atoms with Crippen LogP contribution in [0.5, 0.6) is 0 Å². The van der Waals surface area contributed by atoms with Crippen LogP contribution in [0.15, 0.2) is 6.07 Å². The molecule has 104 valence electrons. The van der Waals surface area contributed by atoms with E-state index in [0.717, 1.165) is 5.69 Å². The van der Waals surface area contributed by atoms with E-state index < -0.39 is 0 Å². The Kier molecular flexibility index (Phi) is 4.19. The second-order valence-corrected chi connectivity index (χ2v) is 5.18. The van der Waals surface area contributed by atoms with Crippen molar-refractivity contribution >= 4 is 11.8 Å². The fraction of sp³-hybridized carbons (Fsp3) is 0.615. The Hall–Kier alpha value is -1.85. The van der Waals surface area contributed by atoms with Crippen molar-refractivity contribution in [3.05, 3.63) is 17.5 Å². The first-order valence-electron chi connectivity index (χ1n) is 6.69. The predicted octanol–water partition coefficient (Wildman–Crippen LogP) is 0.789. The van der Waals surface area contributed by atoms with E-state index in [1.807, 2.05) is 13.8 Å². The minimum Gasteiger partial charge on any atom is -0.354 e. The molecule has 1 heterocycles. The van der Waals surface area contributed by atoms with Gasteiger partial charge in [-0.15, -0.1) is 0 Å². The van der Waals surface area contributed by atoms with Gasteiger partial charge >= 0.3 is 0 Å². The van der Waals surface area contributed by atoms with Gasteiger partial charge in [-0.2, -0.15) is 5.10 Å². The molecule has 3 N–H and O–H groups in total. The van der Waals surface area contributed by atoms with Gasteiger partial charge in [0, 0.05) is 30.6 Å². The quantitative estimate of drug-likeness (QED) is 0.664. The van der Waals surface area contributed by atoms with E-state index in [2.05, 4.69) is 20.8 Å². The Bertz CT molecular complexity index is 463. The number of H-pyrrole nitrogens is 1. The summed E-state index contributed by atoms with van der Waals surface area (Å²) < 4.78 is 0. The summed E-state index contributed by atoms with van der Waals surface area (Å²) in [4.78, 5) is 23.1. The SMILES string of the molecule is CC(C)C(=O)NCCNC(=O)c1cc(C2CC2)[nH]n1. The molecule has 2 amide bonds. The van der Waals surface area contributed by atoms with Gasteiger partial charge < -0.3 is 10.6 Å². The molecule has 1 aromatic heterocycles. The minimum atomic E-state index is -0.207. The van der Waals surface area contributed by atoms with Gasteiger partial charge in [0.15, 0.2) is 0 Å². The molecule has 1 aliphatic carbocycles. The average Bonchev–Trinajstić information content (AvgIpc) is 3.11. The molecule has 0 saturated heterocycles. The molecule has 1 fully saturated rings. The first-order valence-corrected chi connectivity index (χ1v) is 6.69. The average molecular weight is 264 g/mol. The van der Waals surface area contributed by atoms with Crippen molar-refractivity contribution in [2.75, 3.05) is 13.1 Å². The van der Waals surface area contributed by atoms with E-state index in [-0.39, 0.29) is 17.7 Å². The third-order valence-corrected chi connectivity index (χ3v) is 3.08. The molecule has 6 heteroatoms. The van der Waals surface area contributed by atoms with Crippen molar-refractivity contribution in [3.63, 3.8) is 0 Å². The van der Waals surface area contributed by atoms with Gasteiger partial charge in [-0.3, -0.25) is 14.7 Å². The van der Waals surface area contributed by atoms with Crippen molar-refractivity contribution in [1.29, 1.82) is 0 Å². The Morgan fingerprint density at radius 3 is 2.68 bits per heavy atom. The van der Waals surface area contributed by atoms with Crippen LogP contribution in [0.2, 0.25) is 0 Å². The normalized spacial score (nSPS) is 14.5. The van der Waals surface area contributed by atoms with Crippen LogP contribution in [0.3, 0.4) is 0 Å². The highest BCUT2D eigenvalue weighted by molar-refractivity contribution is 5.92. The maximum atomic E-state index is 11.8. The number of carbonyl (C=O) groups is 2. The molecule has 19 heavy (non-hydrogen) atoms. The van der Waals surface area contributed by atoms with Gasteiger partial charge in [-0.25, -0.2) is 0 Å². The molecular weight excluding hydrogens is 244 g/mol. The Balaban J connectivity index is 1.70. The predicted molar refractivity (Wildman–Crippen MR) is 70.7 cm³/mol. The van der Waals surface area contributed by atoms with E-state index >= 15 is 0 Å². The number of nitrogens with zero attached hydrogens (tertiary/aromatic N) is 1. The van der Waals surface area contributed by atoms with Crippen LogP contribution in [-0.2, 0) is 4.79 Å². The van der Waals surface area contributed by atoms with Crippen LogP contribution in [0.4, 0.5) is 0 Å². The molecule has 1 aliphatic rings. The van der Waals surface area contributed by atoms with Gasteiger partial charge in [0.25, 0.3) is 5.91 Å². The zero-order valence-electron chi connectivity index (χ0n) is 11.3. The van der Waals surface area contributed by atoms with Crippen LogP contribution in [0.25, 0.3) is 0 Å². The summed E-state index contributed by atoms with van der Waals surface area (Å²) >= 11 is 0. The second-order valence-electron chi connectivity index (χ2n) is 5.18. The number of nitrogens with one attached hydrogen (secondary N) is 3. The first kappa shape index (κ1) is 13.6. The summed E-state index contributed by atoms with van der Waals surface area (Å²) in [5, 5.41) is 12.4. The number of aromatic amines is 1. The second kappa shape index (κ2) is 5.86. The van der Waals surface area contributed by atoms with Crippen molar-refractivity contribution in [1.82, 2.24) is 20.8 Å². The molecule has 0 unspecified atom stereocenters. The van der Waals surface area contributed by atoms with Crippen LogP contribution >= 0.6 is 0 Å². The highest BCUT2D eigenvalue weighted by Crippen LogP contribution is 2.38. The minimum absolute atomic E-state index is 0.00922. The molecule has 0 spiro atoms. The fourth-order valence-electron chi connectivity index (χ4n) is 1.71. The topological polar surface area (TPSA) is 86.9 Å². The van der Waals surface area contributed by atoms with E-state index in [1.165, 1.54) is 12.8 Å². The zero-order valence-corrected chi connectivity index (χ0v) is 11.3. The Morgan fingerprint density at radius 2 is 2.05 bits per heavy atom. The lowest BCUT2D eigenvalue weighted by Gasteiger charge is -2.07. The van der Waals surface area contributed by atoms with Gasteiger partial charge in [0.2, 0.25) is 5.91 Å². The molecule has 2 rings (SSSR count). The third-order valence-electron chi connectivity index (χ3n) is 3.08. The molecule has 0 aliphatic heterocycles. The summed E-state index contributed by atoms with van der Waals surface area (Å²) in [7, 11) is 0. The zero-order chi connectivity index (χ0) is 13.8. The monoisotopic (exact) mass is 264 g/mol. The lowest BCUT2D eigenvalue weighted by molar-refractivity contribution is -0.123. The first-order chi connectivity index (χ1) is 9.08. The number of carbonyl (C=O) groups excluding carboxylic acids is 2. The van der Waals surface area contributed by atoms with Crippen LogP contribution in [0, 0.1) is 5.92 Å². The summed E-state index contributed by atoms with van der Waals surface area (Å²) in [5.74, 6) is 0.300. The van der Waals surface area contributed by atoms with Crippen LogP contribution < -0.4 is 10.6 Å². The summed E-state index contributed by atoms with van der Waals surface area (Å²) in [6.07, 6.45) is 2.34. The smallest absolute Gasteiger partial charge is 0.271 e. The summed E-state index contributed by atoms with van der Waals surface area (Å²) in [6.45, 7) is 4.50. The highest BCUT2D eigenvalue weighted by Gasteiger charge is 2.26. The lowest BCUT2D eigenvalue weighted by atomic mass is 10.2.